The zero-order valence-corrected chi connectivity index (χ0v) is 11.8. The molecule has 6 nitrogen and oxygen atoms in total. The number of benzene rings is 1. The van der Waals surface area contributed by atoms with Gasteiger partial charge in [0.05, 0.1) is 6.33 Å². The Bertz CT molecular complexity index is 647. The van der Waals surface area contributed by atoms with Crippen molar-refractivity contribution in [2.24, 2.45) is 0 Å². The fourth-order valence-electron chi connectivity index (χ4n) is 2.61. The average molecular weight is 285 g/mol. The summed E-state index contributed by atoms with van der Waals surface area (Å²) in [5, 5.41) is 0. The summed E-state index contributed by atoms with van der Waals surface area (Å²) >= 11 is 0. The van der Waals surface area contributed by atoms with Gasteiger partial charge >= 0.3 is 0 Å². The summed E-state index contributed by atoms with van der Waals surface area (Å²) < 4.78 is 0. The van der Waals surface area contributed by atoms with Crippen molar-refractivity contribution in [1.29, 1.82) is 0 Å². The minimum absolute atomic E-state index is 0.203. The third-order valence-corrected chi connectivity index (χ3v) is 3.79. The Kier molecular flexibility index (Phi) is 3.87. The summed E-state index contributed by atoms with van der Waals surface area (Å²) in [6.45, 7) is 4.47. The molecule has 21 heavy (non-hydrogen) atoms. The quantitative estimate of drug-likeness (QED) is 0.867. The lowest BCUT2D eigenvalue weighted by Crippen LogP contribution is -2.46. The van der Waals surface area contributed by atoms with Crippen molar-refractivity contribution in [2.75, 3.05) is 36.8 Å². The molecule has 6 heteroatoms. The maximum atomic E-state index is 11.5. The molecule has 2 aromatic rings. The zero-order chi connectivity index (χ0) is 14.7. The lowest BCUT2D eigenvalue weighted by Gasteiger charge is -2.35. The number of nitrogens with one attached hydrogen (secondary N) is 1. The van der Waals surface area contributed by atoms with Crippen LogP contribution in [0.4, 0.5) is 11.5 Å². The second kappa shape index (κ2) is 5.97. The number of rotatable bonds is 3. The Morgan fingerprint density at radius 1 is 1.14 bits per heavy atom. The Hall–Kier alpha value is -2.34. The number of nitrogens with two attached hydrogens (primary N) is 1. The van der Waals surface area contributed by atoms with Gasteiger partial charge in [-0.15, -0.1) is 0 Å². The molecule has 1 aliphatic rings. The average Bonchev–Trinajstić information content (AvgIpc) is 2.52. The smallest absolute Gasteiger partial charge is 0.276 e. The number of aromatic amines is 1. The summed E-state index contributed by atoms with van der Waals surface area (Å²) in [4.78, 5) is 22.7. The van der Waals surface area contributed by atoms with Crippen LogP contribution >= 0.6 is 0 Å². The van der Waals surface area contributed by atoms with Crippen LogP contribution in [0.1, 0.15) is 5.56 Å². The monoisotopic (exact) mass is 285 g/mol. The first kappa shape index (κ1) is 13.6. The minimum Gasteiger partial charge on any atom is -0.391 e. The summed E-state index contributed by atoms with van der Waals surface area (Å²) in [7, 11) is 0. The molecule has 3 rings (SSSR count). The number of H-pyrrole nitrogens is 1. The van der Waals surface area contributed by atoms with Gasteiger partial charge in [-0.1, -0.05) is 30.3 Å². The van der Waals surface area contributed by atoms with Gasteiger partial charge in [-0.3, -0.25) is 9.69 Å². The van der Waals surface area contributed by atoms with Crippen LogP contribution in [0, 0.1) is 0 Å². The predicted octanol–water partition coefficient (Wildman–Crippen LogP) is 0.674. The summed E-state index contributed by atoms with van der Waals surface area (Å²) in [6, 6.07) is 10.4. The largest absolute Gasteiger partial charge is 0.391 e. The third-order valence-electron chi connectivity index (χ3n) is 3.79. The fourth-order valence-corrected chi connectivity index (χ4v) is 2.61. The molecule has 0 aliphatic carbocycles. The zero-order valence-electron chi connectivity index (χ0n) is 11.8. The van der Waals surface area contributed by atoms with Crippen LogP contribution in [0.5, 0.6) is 0 Å². The molecule has 0 unspecified atom stereocenters. The van der Waals surface area contributed by atoms with Gasteiger partial charge in [0.2, 0.25) is 0 Å². The van der Waals surface area contributed by atoms with Crippen LogP contribution < -0.4 is 16.2 Å². The molecule has 0 spiro atoms. The number of hydrogen-bond donors (Lipinski definition) is 2. The molecular formula is C15H19N5O. The van der Waals surface area contributed by atoms with Gasteiger partial charge in [0.1, 0.15) is 5.69 Å². The highest BCUT2D eigenvalue weighted by Crippen LogP contribution is 2.18. The highest BCUT2D eigenvalue weighted by atomic mass is 16.1. The first-order valence-corrected chi connectivity index (χ1v) is 7.08. The normalized spacial score (nSPS) is 16.1. The molecule has 1 saturated heterocycles. The van der Waals surface area contributed by atoms with E-state index in [0.29, 0.717) is 5.82 Å². The van der Waals surface area contributed by atoms with E-state index in [4.69, 9.17) is 5.73 Å². The van der Waals surface area contributed by atoms with E-state index in [1.807, 2.05) is 6.07 Å². The van der Waals surface area contributed by atoms with Gasteiger partial charge in [0.15, 0.2) is 5.82 Å². The highest BCUT2D eigenvalue weighted by molar-refractivity contribution is 5.61. The Balaban J connectivity index is 1.63. The molecule has 1 fully saturated rings. The summed E-state index contributed by atoms with van der Waals surface area (Å²) in [6.07, 6.45) is 1.41. The van der Waals surface area contributed by atoms with E-state index in [-0.39, 0.29) is 11.2 Å². The van der Waals surface area contributed by atoms with Crippen LogP contribution in [0.3, 0.4) is 0 Å². The van der Waals surface area contributed by atoms with Crippen molar-refractivity contribution in [3.05, 3.63) is 52.6 Å². The Morgan fingerprint density at radius 3 is 2.57 bits per heavy atom. The first-order chi connectivity index (χ1) is 10.2. The minimum atomic E-state index is -0.272. The van der Waals surface area contributed by atoms with Crippen LogP contribution in [0.25, 0.3) is 0 Å². The number of hydrogen-bond acceptors (Lipinski definition) is 5. The molecular weight excluding hydrogens is 266 g/mol. The second-order valence-electron chi connectivity index (χ2n) is 5.22. The van der Waals surface area contributed by atoms with Crippen molar-refractivity contribution in [3.63, 3.8) is 0 Å². The molecule has 110 valence electrons. The van der Waals surface area contributed by atoms with Crippen LogP contribution in [-0.4, -0.2) is 41.0 Å². The van der Waals surface area contributed by atoms with Gasteiger partial charge in [-0.2, -0.15) is 0 Å². The highest BCUT2D eigenvalue weighted by Gasteiger charge is 2.20. The molecule has 1 aromatic heterocycles. The summed E-state index contributed by atoms with van der Waals surface area (Å²) in [5.74, 6) is 0.595. The number of nitrogens with zero attached hydrogens (tertiary/aromatic N) is 3. The van der Waals surface area contributed by atoms with Gasteiger partial charge in [0.25, 0.3) is 5.56 Å². The maximum absolute atomic E-state index is 11.5. The molecule has 1 aliphatic heterocycles. The maximum Gasteiger partial charge on any atom is 0.276 e. The standard InChI is InChI=1S/C15H19N5O/c16-13-14(17-11-18-15(13)21)20-8-6-19(7-9-20)10-12-4-2-1-3-5-12/h1-5,11H,6-10,16H2,(H,17,18,21). The van der Waals surface area contributed by atoms with Crippen molar-refractivity contribution in [1.82, 2.24) is 14.9 Å². The molecule has 2 heterocycles. The Morgan fingerprint density at radius 2 is 1.86 bits per heavy atom. The first-order valence-electron chi connectivity index (χ1n) is 7.08. The molecule has 0 saturated carbocycles. The van der Waals surface area contributed by atoms with E-state index in [1.54, 1.807) is 0 Å². The lowest BCUT2D eigenvalue weighted by atomic mass is 10.2. The van der Waals surface area contributed by atoms with E-state index in [1.165, 1.54) is 11.9 Å². The second-order valence-corrected chi connectivity index (χ2v) is 5.22. The van der Waals surface area contributed by atoms with Gasteiger partial charge in [0, 0.05) is 32.7 Å². The third kappa shape index (κ3) is 3.05. The lowest BCUT2D eigenvalue weighted by molar-refractivity contribution is 0.249. The number of nitrogen functional groups attached to an aromatic ring is 1. The van der Waals surface area contributed by atoms with Crippen molar-refractivity contribution >= 4 is 11.5 Å². The van der Waals surface area contributed by atoms with Crippen LogP contribution in [0.15, 0.2) is 41.5 Å². The number of anilines is 2. The van der Waals surface area contributed by atoms with E-state index in [2.05, 4.69) is 44.0 Å². The van der Waals surface area contributed by atoms with Crippen LogP contribution in [-0.2, 0) is 6.54 Å². The van der Waals surface area contributed by atoms with Crippen molar-refractivity contribution in [2.45, 2.75) is 6.54 Å². The number of piperazine rings is 1. The summed E-state index contributed by atoms with van der Waals surface area (Å²) in [5.41, 5.74) is 7.06. The van der Waals surface area contributed by atoms with Crippen molar-refractivity contribution < 1.29 is 0 Å². The fraction of sp³-hybridized carbons (Fsp3) is 0.333. The predicted molar refractivity (Wildman–Crippen MR) is 83.2 cm³/mol. The Labute approximate surface area is 123 Å². The number of aromatic nitrogens is 2. The van der Waals surface area contributed by atoms with E-state index >= 15 is 0 Å². The molecule has 0 atom stereocenters. The van der Waals surface area contributed by atoms with Crippen LogP contribution in [0.2, 0.25) is 0 Å². The molecule has 0 radical (unpaired) electrons. The molecule has 0 amide bonds. The topological polar surface area (TPSA) is 78.2 Å². The molecule has 3 N–H and O–H groups in total. The van der Waals surface area contributed by atoms with E-state index in [9.17, 15) is 4.79 Å². The van der Waals surface area contributed by atoms with Gasteiger partial charge in [-0.05, 0) is 5.56 Å². The van der Waals surface area contributed by atoms with Crippen molar-refractivity contribution in [3.8, 4) is 0 Å². The van der Waals surface area contributed by atoms with E-state index in [0.717, 1.165) is 32.7 Å². The van der Waals surface area contributed by atoms with E-state index < -0.39 is 0 Å². The van der Waals surface area contributed by atoms with Gasteiger partial charge in [-0.25, -0.2) is 4.98 Å². The molecule has 1 aromatic carbocycles. The van der Waals surface area contributed by atoms with Gasteiger partial charge < -0.3 is 15.6 Å². The SMILES string of the molecule is Nc1c(N2CCN(Cc3ccccc3)CC2)nc[nH]c1=O. The molecule has 0 bridgehead atoms.